The van der Waals surface area contributed by atoms with Crippen LogP contribution in [-0.2, 0) is 4.74 Å². The fourth-order valence-electron chi connectivity index (χ4n) is 2.40. The predicted molar refractivity (Wildman–Crippen MR) is 105 cm³/mol. The number of hydrogen-bond acceptors (Lipinski definition) is 5. The molecule has 0 aliphatic heterocycles. The molecule has 2 aromatic carbocycles. The van der Waals surface area contributed by atoms with Crippen LogP contribution in [0.3, 0.4) is 0 Å². The summed E-state index contributed by atoms with van der Waals surface area (Å²) >= 11 is 6.16. The van der Waals surface area contributed by atoms with Gasteiger partial charge >= 0.3 is 5.97 Å². The number of pyridine rings is 1. The number of benzene rings is 2. The first kappa shape index (κ1) is 19.3. The molecule has 1 amide bonds. The summed E-state index contributed by atoms with van der Waals surface area (Å²) in [5.74, 6) is -1.21. The highest BCUT2D eigenvalue weighted by atomic mass is 35.5. The number of hydrogen-bond donors (Lipinski definition) is 2. The molecule has 1 aromatic heterocycles. The van der Waals surface area contributed by atoms with Gasteiger partial charge < -0.3 is 15.4 Å². The molecule has 0 aliphatic rings. The molecule has 0 saturated carbocycles. The Labute approximate surface area is 165 Å². The highest BCUT2D eigenvalue weighted by Gasteiger charge is 2.12. The number of nitrogens with one attached hydrogen (secondary N) is 2. The number of para-hydroxylation sites is 1. The Balaban J connectivity index is 1.81. The maximum Gasteiger partial charge on any atom is 0.337 e. The summed E-state index contributed by atoms with van der Waals surface area (Å²) in [4.78, 5) is 28.2. The minimum Gasteiger partial charge on any atom is -0.465 e. The number of carbonyl (C=O) groups is 2. The number of ether oxygens (including phenoxy) is 1. The second-order valence-electron chi connectivity index (χ2n) is 5.67. The minimum atomic E-state index is -0.533. The quantitative estimate of drug-likeness (QED) is 0.610. The fraction of sp³-hybridized carbons (Fsp3) is 0.0500. The molecular formula is C20H15ClFN3O3. The summed E-state index contributed by atoms with van der Waals surface area (Å²) in [6.07, 6.45) is 1.43. The number of methoxy groups -OCH3 is 1. The van der Waals surface area contributed by atoms with Crippen LogP contribution in [0.2, 0.25) is 5.02 Å². The monoisotopic (exact) mass is 399 g/mol. The summed E-state index contributed by atoms with van der Waals surface area (Å²) in [5.41, 5.74) is 1.07. The van der Waals surface area contributed by atoms with Crippen molar-refractivity contribution in [2.75, 3.05) is 17.7 Å². The van der Waals surface area contributed by atoms with Crippen molar-refractivity contribution >= 4 is 40.7 Å². The lowest BCUT2D eigenvalue weighted by atomic mass is 10.2. The van der Waals surface area contributed by atoms with Crippen LogP contribution in [0, 0.1) is 5.82 Å². The number of nitrogens with zero attached hydrogens (tertiary/aromatic N) is 1. The van der Waals surface area contributed by atoms with Gasteiger partial charge in [0, 0.05) is 11.8 Å². The normalized spacial score (nSPS) is 10.2. The first-order valence-electron chi connectivity index (χ1n) is 8.15. The lowest BCUT2D eigenvalue weighted by Crippen LogP contribution is -2.13. The Morgan fingerprint density at radius 3 is 2.57 bits per heavy atom. The Kier molecular flexibility index (Phi) is 5.86. The van der Waals surface area contributed by atoms with Gasteiger partial charge in [0.1, 0.15) is 11.6 Å². The maximum absolute atomic E-state index is 13.7. The smallest absolute Gasteiger partial charge is 0.337 e. The van der Waals surface area contributed by atoms with Gasteiger partial charge in [-0.25, -0.2) is 14.2 Å². The van der Waals surface area contributed by atoms with Crippen molar-refractivity contribution in [1.29, 1.82) is 0 Å². The Morgan fingerprint density at radius 2 is 1.82 bits per heavy atom. The van der Waals surface area contributed by atoms with Crippen LogP contribution in [0.4, 0.5) is 21.6 Å². The van der Waals surface area contributed by atoms with Gasteiger partial charge in [0.15, 0.2) is 0 Å². The topological polar surface area (TPSA) is 80.3 Å². The van der Waals surface area contributed by atoms with Crippen molar-refractivity contribution in [2.45, 2.75) is 0 Å². The van der Waals surface area contributed by atoms with E-state index in [2.05, 4.69) is 20.4 Å². The van der Waals surface area contributed by atoms with Gasteiger partial charge in [-0.1, -0.05) is 23.7 Å². The molecule has 1 heterocycles. The van der Waals surface area contributed by atoms with Crippen LogP contribution < -0.4 is 10.6 Å². The highest BCUT2D eigenvalue weighted by Crippen LogP contribution is 2.26. The van der Waals surface area contributed by atoms with Gasteiger partial charge in [-0.3, -0.25) is 4.79 Å². The van der Waals surface area contributed by atoms with E-state index in [1.807, 2.05) is 0 Å². The largest absolute Gasteiger partial charge is 0.465 e. The van der Waals surface area contributed by atoms with E-state index in [-0.39, 0.29) is 11.3 Å². The standard InChI is InChI=1S/C20H15ClFN3O3/c1-28-20(27)13-6-7-14(21)17(10-13)24-18-11-12(8-9-23-18)19(26)25-16-5-3-2-4-15(16)22/h2-11H,1H3,(H,23,24)(H,25,26). The van der Waals surface area contributed by atoms with Crippen LogP contribution in [0.5, 0.6) is 0 Å². The third-order valence-corrected chi connectivity index (χ3v) is 4.12. The molecule has 0 atom stereocenters. The third-order valence-electron chi connectivity index (χ3n) is 3.79. The summed E-state index contributed by atoms with van der Waals surface area (Å²) in [5, 5.41) is 5.82. The summed E-state index contributed by atoms with van der Waals surface area (Å²) in [6, 6.07) is 13.4. The average molecular weight is 400 g/mol. The van der Waals surface area contributed by atoms with Gasteiger partial charge in [0.05, 0.1) is 29.1 Å². The number of esters is 1. The van der Waals surface area contributed by atoms with Crippen LogP contribution in [0.15, 0.2) is 60.8 Å². The molecule has 0 aliphatic carbocycles. The Morgan fingerprint density at radius 1 is 1.04 bits per heavy atom. The first-order chi connectivity index (χ1) is 13.5. The Hall–Kier alpha value is -3.45. The lowest BCUT2D eigenvalue weighted by molar-refractivity contribution is 0.0600. The van der Waals surface area contributed by atoms with E-state index in [4.69, 9.17) is 11.6 Å². The van der Waals surface area contributed by atoms with E-state index in [1.165, 1.54) is 55.8 Å². The number of amides is 1. The van der Waals surface area contributed by atoms with Crippen LogP contribution in [-0.4, -0.2) is 24.0 Å². The molecule has 0 saturated heterocycles. The first-order valence-corrected chi connectivity index (χ1v) is 8.52. The fourth-order valence-corrected chi connectivity index (χ4v) is 2.57. The molecule has 0 radical (unpaired) electrons. The molecule has 8 heteroatoms. The summed E-state index contributed by atoms with van der Waals surface area (Å²) < 4.78 is 18.4. The number of carbonyl (C=O) groups excluding carboxylic acids is 2. The van der Waals surface area contributed by atoms with Gasteiger partial charge in [-0.05, 0) is 42.5 Å². The van der Waals surface area contributed by atoms with Crippen LogP contribution in [0.1, 0.15) is 20.7 Å². The molecular weight excluding hydrogens is 385 g/mol. The molecule has 3 aromatic rings. The second kappa shape index (κ2) is 8.49. The Bertz CT molecular complexity index is 1040. The van der Waals surface area contributed by atoms with Gasteiger partial charge in [-0.2, -0.15) is 0 Å². The van der Waals surface area contributed by atoms with E-state index < -0.39 is 17.7 Å². The zero-order valence-corrected chi connectivity index (χ0v) is 15.5. The molecule has 3 rings (SSSR count). The molecule has 0 spiro atoms. The van der Waals surface area contributed by atoms with E-state index in [9.17, 15) is 14.0 Å². The molecule has 2 N–H and O–H groups in total. The van der Waals surface area contributed by atoms with E-state index in [0.29, 0.717) is 22.1 Å². The number of aromatic nitrogens is 1. The van der Waals surface area contributed by atoms with Crippen LogP contribution in [0.25, 0.3) is 0 Å². The molecule has 0 bridgehead atoms. The molecule has 142 valence electrons. The maximum atomic E-state index is 13.7. The van der Waals surface area contributed by atoms with Crippen molar-refractivity contribution in [1.82, 2.24) is 4.98 Å². The van der Waals surface area contributed by atoms with E-state index >= 15 is 0 Å². The molecule has 6 nitrogen and oxygen atoms in total. The predicted octanol–water partition coefficient (Wildman–Crippen LogP) is 4.66. The molecule has 0 fully saturated rings. The number of anilines is 3. The SMILES string of the molecule is COC(=O)c1ccc(Cl)c(Nc2cc(C(=O)Nc3ccccc3F)ccn2)c1. The zero-order valence-electron chi connectivity index (χ0n) is 14.7. The van der Waals surface area contributed by atoms with Crippen molar-refractivity contribution in [2.24, 2.45) is 0 Å². The van der Waals surface area contributed by atoms with Crippen molar-refractivity contribution in [3.8, 4) is 0 Å². The van der Waals surface area contributed by atoms with Crippen molar-refractivity contribution < 1.29 is 18.7 Å². The van der Waals surface area contributed by atoms with E-state index in [0.717, 1.165) is 0 Å². The van der Waals surface area contributed by atoms with Crippen molar-refractivity contribution in [3.05, 3.63) is 82.8 Å². The number of halogens is 2. The van der Waals surface area contributed by atoms with Gasteiger partial charge in [0.2, 0.25) is 0 Å². The number of rotatable bonds is 5. The summed E-state index contributed by atoms with van der Waals surface area (Å²) in [6.45, 7) is 0. The molecule has 28 heavy (non-hydrogen) atoms. The summed E-state index contributed by atoms with van der Waals surface area (Å²) in [7, 11) is 1.28. The second-order valence-corrected chi connectivity index (χ2v) is 6.08. The van der Waals surface area contributed by atoms with Gasteiger partial charge in [0.25, 0.3) is 5.91 Å². The molecule has 0 unspecified atom stereocenters. The van der Waals surface area contributed by atoms with Gasteiger partial charge in [-0.15, -0.1) is 0 Å². The third kappa shape index (κ3) is 4.44. The van der Waals surface area contributed by atoms with Crippen LogP contribution >= 0.6 is 11.6 Å². The van der Waals surface area contributed by atoms with Crippen molar-refractivity contribution in [3.63, 3.8) is 0 Å². The zero-order chi connectivity index (χ0) is 20.1. The van der Waals surface area contributed by atoms with E-state index in [1.54, 1.807) is 12.1 Å². The minimum absolute atomic E-state index is 0.0765. The highest BCUT2D eigenvalue weighted by molar-refractivity contribution is 6.33. The average Bonchev–Trinajstić information content (AvgIpc) is 2.71. The lowest BCUT2D eigenvalue weighted by Gasteiger charge is -2.11.